The maximum atomic E-state index is 13.1. The van der Waals surface area contributed by atoms with Crippen molar-refractivity contribution in [3.05, 3.63) is 48.6 Å². The molecule has 0 radical (unpaired) electrons. The van der Waals surface area contributed by atoms with Gasteiger partial charge in [0.15, 0.2) is 6.10 Å². The second kappa shape index (κ2) is 42.8. The molecular weight excluding hydrogens is 880 g/mol. The number of rotatable bonds is 46. The number of thioether (sulfide) groups is 1. The number of aliphatic hydroxyl groups is 1. The first-order valence-corrected chi connectivity index (χ1v) is 27.8. The fourth-order valence-corrected chi connectivity index (χ4v) is 8.60. The predicted molar refractivity (Wildman–Crippen MR) is 269 cm³/mol. The molecule has 5 atom stereocenters. The zero-order valence-electron chi connectivity index (χ0n) is 41.8. The lowest BCUT2D eigenvalue weighted by Gasteiger charge is -2.28. The van der Waals surface area contributed by atoms with Crippen molar-refractivity contribution in [1.82, 2.24) is 0 Å². The minimum Gasteiger partial charge on any atom is -0.756 e. The highest BCUT2D eigenvalue weighted by molar-refractivity contribution is 8.00. The Kier molecular flexibility index (Phi) is 41.3. The molecule has 0 aliphatic heterocycles. The van der Waals surface area contributed by atoms with Gasteiger partial charge in [-0.2, -0.15) is 0 Å². The first-order chi connectivity index (χ1) is 31.6. The number of quaternary nitrogens is 1. The van der Waals surface area contributed by atoms with Crippen LogP contribution >= 0.6 is 19.6 Å². The van der Waals surface area contributed by atoms with Crippen molar-refractivity contribution >= 4 is 37.5 Å². The van der Waals surface area contributed by atoms with E-state index in [1.54, 1.807) is 12.2 Å². The average Bonchev–Trinajstić information content (AvgIpc) is 3.26. The average molecular weight is 973 g/mol. The Morgan fingerprint density at radius 1 is 0.712 bits per heavy atom. The molecule has 384 valence electrons. The summed E-state index contributed by atoms with van der Waals surface area (Å²) < 4.78 is 34.1. The number of likely N-dealkylation sites (N-methyl/N-ethyl adjacent to an activating group) is 1. The number of nitrogens with zero attached hydrogens (tertiary/aromatic N) is 1. The minimum absolute atomic E-state index is 0.0498. The van der Waals surface area contributed by atoms with E-state index in [1.165, 1.54) is 114 Å². The van der Waals surface area contributed by atoms with Gasteiger partial charge in [-0.15, -0.1) is 11.8 Å². The third kappa shape index (κ3) is 43.0. The predicted octanol–water partition coefficient (Wildman–Crippen LogP) is 10.9. The lowest BCUT2D eigenvalue weighted by molar-refractivity contribution is -0.870. The van der Waals surface area contributed by atoms with Crippen molar-refractivity contribution in [3.8, 4) is 0 Å². The fourth-order valence-electron chi connectivity index (χ4n) is 6.74. The molecule has 15 heteroatoms. The second-order valence-electron chi connectivity index (χ2n) is 18.4. The Labute approximate surface area is 405 Å². The molecule has 1 unspecified atom stereocenters. The number of nitrogens with two attached hydrogens (primary N) is 1. The van der Waals surface area contributed by atoms with Gasteiger partial charge < -0.3 is 43.8 Å². The number of phosphoric ester groups is 1. The van der Waals surface area contributed by atoms with E-state index < -0.39 is 62.4 Å². The van der Waals surface area contributed by atoms with Crippen LogP contribution < -0.4 is 10.6 Å². The first-order valence-electron chi connectivity index (χ1n) is 25.3. The molecule has 0 aromatic carbocycles. The summed E-state index contributed by atoms with van der Waals surface area (Å²) in [6.45, 7) is 3.64. The van der Waals surface area contributed by atoms with Gasteiger partial charge in [0.25, 0.3) is 7.82 Å². The number of esters is 2. The van der Waals surface area contributed by atoms with E-state index in [9.17, 15) is 28.9 Å². The van der Waals surface area contributed by atoms with Crippen LogP contribution in [0.1, 0.15) is 181 Å². The second-order valence-corrected chi connectivity index (χ2v) is 21.0. The van der Waals surface area contributed by atoms with Crippen molar-refractivity contribution in [3.63, 3.8) is 0 Å². The maximum absolute atomic E-state index is 13.1. The summed E-state index contributed by atoms with van der Waals surface area (Å²) in [5.74, 6) is -2.27. The molecular formula is C51H93N2O11PS. The maximum Gasteiger partial charge on any atom is 0.323 e. The van der Waals surface area contributed by atoms with E-state index in [0.29, 0.717) is 17.4 Å². The monoisotopic (exact) mass is 973 g/mol. The van der Waals surface area contributed by atoms with Gasteiger partial charge in [0.2, 0.25) is 0 Å². The van der Waals surface area contributed by atoms with Crippen molar-refractivity contribution in [2.24, 2.45) is 5.73 Å². The standard InChI is InChI=1S/C51H93N2O11PS/c1-6-8-10-12-14-16-18-20-21-22-23-24-26-28-30-32-34-39-50(57)64-45(43-63-65(59,60)62-41-40-53(3,4)5)42-61-51(58)46(52)44-66-48(47(54)36-35-38-49(55)56)37-33-31-29-27-25-19-17-15-13-11-9-7-2/h15,17,25,27,29,31,33,37,45-48,54H,6-14,16,18-24,26,28,30,32,34-36,38-44,52H2,1-5H3,(H-,55,56,59,60)/b17-15-,27-25-,31-29+,37-33+/t45-,46+,47+,48-/m1/s1. The molecule has 0 fully saturated rings. The highest BCUT2D eigenvalue weighted by atomic mass is 32.2. The molecule has 0 rings (SSSR count). The van der Waals surface area contributed by atoms with Crippen LogP contribution in [0.5, 0.6) is 0 Å². The Bertz CT molecular complexity index is 1390. The molecule has 0 spiro atoms. The Hall–Kier alpha value is -2.29. The van der Waals surface area contributed by atoms with Crippen LogP contribution in [0.4, 0.5) is 0 Å². The molecule has 0 aliphatic rings. The van der Waals surface area contributed by atoms with Gasteiger partial charge in [-0.3, -0.25) is 18.9 Å². The van der Waals surface area contributed by atoms with Crippen LogP contribution in [0.15, 0.2) is 48.6 Å². The van der Waals surface area contributed by atoms with E-state index in [2.05, 4.69) is 26.0 Å². The summed E-state index contributed by atoms with van der Waals surface area (Å²) in [6.07, 6.45) is 40.3. The van der Waals surface area contributed by atoms with E-state index in [1.807, 2.05) is 45.4 Å². The molecule has 0 saturated heterocycles. The van der Waals surface area contributed by atoms with Gasteiger partial charge in [-0.05, 0) is 38.5 Å². The number of aliphatic hydroxyl groups excluding tert-OH is 1. The quantitative estimate of drug-likeness (QED) is 0.0130. The van der Waals surface area contributed by atoms with Crippen LogP contribution in [0, 0.1) is 0 Å². The molecule has 13 nitrogen and oxygen atoms in total. The molecule has 0 aliphatic carbocycles. The summed E-state index contributed by atoms with van der Waals surface area (Å²) in [4.78, 5) is 49.6. The molecule has 0 amide bonds. The fraction of sp³-hybridized carbons (Fsp3) is 0.784. The first kappa shape index (κ1) is 63.7. The molecule has 0 heterocycles. The number of phosphoric acid groups is 1. The zero-order chi connectivity index (χ0) is 49.2. The Morgan fingerprint density at radius 2 is 1.27 bits per heavy atom. The number of carboxylic acid groups (broad SMARTS) is 1. The minimum atomic E-state index is -4.76. The number of carboxylic acids is 1. The molecule has 4 N–H and O–H groups in total. The third-order valence-corrected chi connectivity index (χ3v) is 13.2. The number of ether oxygens (including phenoxy) is 2. The molecule has 0 saturated carbocycles. The zero-order valence-corrected chi connectivity index (χ0v) is 43.5. The summed E-state index contributed by atoms with van der Waals surface area (Å²) in [7, 11) is 0.910. The van der Waals surface area contributed by atoms with E-state index in [-0.39, 0.29) is 38.0 Å². The van der Waals surface area contributed by atoms with Crippen molar-refractivity contribution in [2.75, 3.05) is 53.3 Å². The highest BCUT2D eigenvalue weighted by Gasteiger charge is 2.25. The summed E-state index contributed by atoms with van der Waals surface area (Å²) in [6, 6.07) is -1.14. The van der Waals surface area contributed by atoms with Gasteiger partial charge in [0.1, 0.15) is 25.8 Å². The molecule has 0 aromatic heterocycles. The van der Waals surface area contributed by atoms with Gasteiger partial charge in [0, 0.05) is 23.8 Å². The molecule has 66 heavy (non-hydrogen) atoms. The number of carbonyl (C=O) groups is 3. The highest BCUT2D eigenvalue weighted by Crippen LogP contribution is 2.38. The van der Waals surface area contributed by atoms with Gasteiger partial charge >= 0.3 is 17.9 Å². The van der Waals surface area contributed by atoms with E-state index in [0.717, 1.165) is 32.1 Å². The number of hydrogen-bond donors (Lipinski definition) is 3. The molecule has 0 aromatic rings. The third-order valence-electron chi connectivity index (χ3n) is 10.8. The summed E-state index contributed by atoms with van der Waals surface area (Å²) in [5.41, 5.74) is 6.21. The Morgan fingerprint density at radius 3 is 1.85 bits per heavy atom. The normalized spacial score (nSPS) is 15.2. The van der Waals surface area contributed by atoms with Crippen LogP contribution in [0.25, 0.3) is 0 Å². The Balaban J connectivity index is 5.12. The lowest BCUT2D eigenvalue weighted by Crippen LogP contribution is -2.39. The van der Waals surface area contributed by atoms with Crippen LogP contribution in [0.2, 0.25) is 0 Å². The van der Waals surface area contributed by atoms with Crippen molar-refractivity contribution in [1.29, 1.82) is 0 Å². The summed E-state index contributed by atoms with van der Waals surface area (Å²) >= 11 is 1.22. The van der Waals surface area contributed by atoms with Gasteiger partial charge in [0.05, 0.1) is 33.9 Å². The van der Waals surface area contributed by atoms with Crippen LogP contribution in [-0.2, 0) is 37.5 Å². The van der Waals surface area contributed by atoms with Crippen LogP contribution in [-0.4, -0.2) is 109 Å². The number of unbranched alkanes of at least 4 members (excludes halogenated alkanes) is 19. The van der Waals surface area contributed by atoms with E-state index >= 15 is 0 Å². The van der Waals surface area contributed by atoms with E-state index in [4.69, 9.17) is 29.4 Å². The summed E-state index contributed by atoms with van der Waals surface area (Å²) in [5, 5.41) is 19.5. The number of carbonyl (C=O) groups excluding carboxylic acids is 2. The van der Waals surface area contributed by atoms with Crippen LogP contribution in [0.3, 0.4) is 0 Å². The topological polar surface area (TPSA) is 195 Å². The molecule has 0 bridgehead atoms. The number of hydrogen-bond acceptors (Lipinski definition) is 12. The van der Waals surface area contributed by atoms with Gasteiger partial charge in [-0.25, -0.2) is 0 Å². The largest absolute Gasteiger partial charge is 0.756 e. The SMILES string of the molecule is CCCCC/C=C\C\C=C/C=C/C=C/[C@@H](SC[C@H](N)C(=O)OC[C@H](COP(=O)([O-])OCC[N+](C)(C)C)OC(=O)CCCCCCCCCCCCCCCCCCC)[C@@H](O)CCCC(=O)O. The van der Waals surface area contributed by atoms with Crippen molar-refractivity contribution in [2.45, 2.75) is 204 Å². The lowest BCUT2D eigenvalue weighted by atomic mass is 10.0. The number of allylic oxidation sites excluding steroid dienone is 7. The van der Waals surface area contributed by atoms with Crippen molar-refractivity contribution < 1.29 is 57.1 Å². The number of aliphatic carboxylic acids is 1. The van der Waals surface area contributed by atoms with Gasteiger partial charge in [-0.1, -0.05) is 178 Å². The smallest absolute Gasteiger partial charge is 0.323 e.